The third-order valence-corrected chi connectivity index (χ3v) is 3.52. The van der Waals surface area contributed by atoms with Crippen molar-refractivity contribution in [3.05, 3.63) is 18.2 Å². The number of amides is 1. The van der Waals surface area contributed by atoms with Gasteiger partial charge in [-0.3, -0.25) is 4.79 Å². The Morgan fingerprint density at radius 3 is 2.94 bits per heavy atom. The summed E-state index contributed by atoms with van der Waals surface area (Å²) >= 11 is 0. The highest BCUT2D eigenvalue weighted by Crippen LogP contribution is 2.23. The summed E-state index contributed by atoms with van der Waals surface area (Å²) < 4.78 is 2.00. The summed E-state index contributed by atoms with van der Waals surface area (Å²) in [5.41, 5.74) is 1.16. The van der Waals surface area contributed by atoms with Crippen LogP contribution >= 0.6 is 0 Å². The Morgan fingerprint density at radius 1 is 1.71 bits per heavy atom. The van der Waals surface area contributed by atoms with E-state index in [9.17, 15) is 4.79 Å². The van der Waals surface area contributed by atoms with E-state index in [-0.39, 0.29) is 11.9 Å². The molecule has 5 nitrogen and oxygen atoms in total. The van der Waals surface area contributed by atoms with E-state index in [2.05, 4.69) is 10.3 Å². The first-order chi connectivity index (χ1) is 8.15. The predicted molar refractivity (Wildman–Crippen MR) is 65.9 cm³/mol. The minimum atomic E-state index is -0.168. The van der Waals surface area contributed by atoms with Crippen molar-refractivity contribution in [1.82, 2.24) is 19.8 Å². The zero-order chi connectivity index (χ0) is 12.4. The quantitative estimate of drug-likeness (QED) is 0.833. The summed E-state index contributed by atoms with van der Waals surface area (Å²) in [5.74, 6) is 0.638. The molecular formula is C12H20N4O. The van der Waals surface area contributed by atoms with Gasteiger partial charge in [0.1, 0.15) is 6.04 Å². The minimum Gasteiger partial charge on any atom is -0.344 e. The third kappa shape index (κ3) is 2.20. The first-order valence-electron chi connectivity index (χ1n) is 6.12. The highest BCUT2D eigenvalue weighted by molar-refractivity contribution is 5.79. The van der Waals surface area contributed by atoms with Crippen molar-refractivity contribution in [2.75, 3.05) is 26.7 Å². The molecule has 1 aromatic heterocycles. The molecule has 1 saturated heterocycles. The van der Waals surface area contributed by atoms with E-state index in [1.54, 1.807) is 11.2 Å². The average molecular weight is 236 g/mol. The fourth-order valence-electron chi connectivity index (χ4n) is 2.05. The van der Waals surface area contributed by atoms with Crippen LogP contribution in [0.2, 0.25) is 0 Å². The lowest BCUT2D eigenvalue weighted by Crippen LogP contribution is -2.42. The van der Waals surface area contributed by atoms with Crippen LogP contribution in [0.25, 0.3) is 0 Å². The molecule has 0 aliphatic carbocycles. The second-order valence-corrected chi connectivity index (χ2v) is 4.61. The van der Waals surface area contributed by atoms with Crippen LogP contribution in [0.1, 0.15) is 31.5 Å². The van der Waals surface area contributed by atoms with Crippen molar-refractivity contribution in [2.45, 2.75) is 25.8 Å². The summed E-state index contributed by atoms with van der Waals surface area (Å²) in [6, 6.07) is -0.168. The summed E-state index contributed by atoms with van der Waals surface area (Å²) in [5, 5.41) is 3.24. The molecule has 0 saturated carbocycles. The monoisotopic (exact) mass is 236 g/mol. The van der Waals surface area contributed by atoms with Gasteiger partial charge in [-0.25, -0.2) is 4.98 Å². The van der Waals surface area contributed by atoms with E-state index in [4.69, 9.17) is 0 Å². The average Bonchev–Trinajstić information content (AvgIpc) is 2.72. The highest BCUT2D eigenvalue weighted by atomic mass is 16.2. The van der Waals surface area contributed by atoms with Gasteiger partial charge in [0.25, 0.3) is 0 Å². The largest absolute Gasteiger partial charge is 0.344 e. The highest BCUT2D eigenvalue weighted by Gasteiger charge is 2.26. The summed E-state index contributed by atoms with van der Waals surface area (Å²) in [7, 11) is 1.83. The normalized spacial score (nSPS) is 17.6. The van der Waals surface area contributed by atoms with E-state index < -0.39 is 0 Å². The number of nitrogens with zero attached hydrogens (tertiary/aromatic N) is 3. The molecule has 1 unspecified atom stereocenters. The summed E-state index contributed by atoms with van der Waals surface area (Å²) in [6.45, 7) is 6.62. The maximum absolute atomic E-state index is 12.1. The predicted octanol–water partition coefficient (Wildman–Crippen LogP) is 0.609. The molecule has 0 bridgehead atoms. The van der Waals surface area contributed by atoms with Gasteiger partial charge >= 0.3 is 0 Å². The van der Waals surface area contributed by atoms with Crippen LogP contribution in [0.15, 0.2) is 12.5 Å². The molecule has 94 valence electrons. The van der Waals surface area contributed by atoms with E-state index in [1.807, 2.05) is 31.7 Å². The number of nitrogens with one attached hydrogen (secondary N) is 1. The van der Waals surface area contributed by atoms with Crippen molar-refractivity contribution in [3.63, 3.8) is 0 Å². The van der Waals surface area contributed by atoms with Gasteiger partial charge in [0.05, 0.1) is 6.33 Å². The number of aromatic nitrogens is 2. The van der Waals surface area contributed by atoms with E-state index in [0.29, 0.717) is 5.92 Å². The molecule has 1 fully saturated rings. The fourth-order valence-corrected chi connectivity index (χ4v) is 2.05. The molecule has 0 aromatic carbocycles. The number of likely N-dealkylation sites (N-methyl/N-ethyl adjacent to an activating group) is 1. The van der Waals surface area contributed by atoms with Crippen LogP contribution in [0, 0.1) is 0 Å². The molecule has 17 heavy (non-hydrogen) atoms. The summed E-state index contributed by atoms with van der Waals surface area (Å²) in [6.07, 6.45) is 3.64. The van der Waals surface area contributed by atoms with Gasteiger partial charge in [-0.1, -0.05) is 0 Å². The number of hydrogen-bond acceptors (Lipinski definition) is 3. The molecule has 2 heterocycles. The Kier molecular flexibility index (Phi) is 3.47. The Labute approximate surface area is 102 Å². The smallest absolute Gasteiger partial charge is 0.245 e. The maximum Gasteiger partial charge on any atom is 0.245 e. The maximum atomic E-state index is 12.1. The lowest BCUT2D eigenvalue weighted by Gasteiger charge is -2.30. The Balaban J connectivity index is 2.16. The van der Waals surface area contributed by atoms with Gasteiger partial charge in [0.2, 0.25) is 5.91 Å². The number of hydrogen-bond donors (Lipinski definition) is 1. The van der Waals surface area contributed by atoms with Crippen LogP contribution in [0.3, 0.4) is 0 Å². The van der Waals surface area contributed by atoms with Crippen LogP contribution in [0.4, 0.5) is 0 Å². The topological polar surface area (TPSA) is 50.2 Å². The van der Waals surface area contributed by atoms with E-state index in [1.165, 1.54) is 0 Å². The van der Waals surface area contributed by atoms with Crippen LogP contribution in [-0.4, -0.2) is 47.0 Å². The van der Waals surface area contributed by atoms with Crippen molar-refractivity contribution in [3.8, 4) is 0 Å². The third-order valence-electron chi connectivity index (χ3n) is 3.52. The number of rotatable bonds is 4. The van der Waals surface area contributed by atoms with Gasteiger partial charge in [0, 0.05) is 44.5 Å². The molecule has 1 aromatic rings. The fraction of sp³-hybridized carbons (Fsp3) is 0.667. The first-order valence-corrected chi connectivity index (χ1v) is 6.12. The number of carbonyl (C=O) groups is 1. The van der Waals surface area contributed by atoms with Crippen molar-refractivity contribution in [1.29, 1.82) is 0 Å². The standard InChI is InChI=1S/C12H20N4O/c1-4-15(3)12(17)9(2)16-8-14-7-11(16)10-5-13-6-10/h7-10,13H,4-6H2,1-3H3. The Bertz CT molecular complexity index is 397. The van der Waals surface area contributed by atoms with Gasteiger partial charge in [0.15, 0.2) is 0 Å². The molecule has 1 aliphatic rings. The molecule has 2 rings (SSSR count). The molecule has 1 aliphatic heterocycles. The second-order valence-electron chi connectivity index (χ2n) is 4.61. The SMILES string of the molecule is CCN(C)C(=O)C(C)n1cncc1C1CNC1. The van der Waals surface area contributed by atoms with Crippen molar-refractivity contribution >= 4 is 5.91 Å². The Morgan fingerprint density at radius 2 is 2.41 bits per heavy atom. The van der Waals surface area contributed by atoms with Crippen LogP contribution < -0.4 is 5.32 Å². The molecule has 0 spiro atoms. The van der Waals surface area contributed by atoms with Crippen molar-refractivity contribution in [2.24, 2.45) is 0 Å². The zero-order valence-electron chi connectivity index (χ0n) is 10.7. The van der Waals surface area contributed by atoms with Gasteiger partial charge in [-0.05, 0) is 13.8 Å². The van der Waals surface area contributed by atoms with E-state index >= 15 is 0 Å². The lowest BCUT2D eigenvalue weighted by atomic mass is 9.99. The molecular weight excluding hydrogens is 216 g/mol. The first kappa shape index (κ1) is 12.1. The number of imidazole rings is 1. The molecule has 1 N–H and O–H groups in total. The number of carbonyl (C=O) groups excluding carboxylic acids is 1. The van der Waals surface area contributed by atoms with Crippen LogP contribution in [0.5, 0.6) is 0 Å². The van der Waals surface area contributed by atoms with Gasteiger partial charge in [-0.2, -0.15) is 0 Å². The second kappa shape index (κ2) is 4.87. The summed E-state index contributed by atoms with van der Waals surface area (Å²) in [4.78, 5) is 18.0. The van der Waals surface area contributed by atoms with Gasteiger partial charge < -0.3 is 14.8 Å². The minimum absolute atomic E-state index is 0.138. The zero-order valence-corrected chi connectivity index (χ0v) is 10.7. The lowest BCUT2D eigenvalue weighted by molar-refractivity contribution is -0.132. The Hall–Kier alpha value is -1.36. The van der Waals surface area contributed by atoms with Crippen molar-refractivity contribution < 1.29 is 4.79 Å². The molecule has 1 amide bonds. The molecule has 1 atom stereocenters. The van der Waals surface area contributed by atoms with Gasteiger partial charge in [-0.15, -0.1) is 0 Å². The van der Waals surface area contributed by atoms with E-state index in [0.717, 1.165) is 25.3 Å². The molecule has 0 radical (unpaired) electrons. The van der Waals surface area contributed by atoms with Crippen LogP contribution in [-0.2, 0) is 4.79 Å². The molecule has 5 heteroatoms.